The van der Waals surface area contributed by atoms with Gasteiger partial charge in [0.15, 0.2) is 0 Å². The van der Waals surface area contributed by atoms with Gasteiger partial charge in [-0.1, -0.05) is 0 Å². The molecule has 6 nitrogen and oxygen atoms in total. The number of aryl methyl sites for hydroxylation is 1. The fourth-order valence-corrected chi connectivity index (χ4v) is 2.02. The Bertz CT molecular complexity index is 688. The van der Waals surface area contributed by atoms with Gasteiger partial charge in [0.25, 0.3) is 11.6 Å². The fourth-order valence-electron chi connectivity index (χ4n) is 1.67. The van der Waals surface area contributed by atoms with Crippen molar-refractivity contribution in [3.63, 3.8) is 0 Å². The minimum absolute atomic E-state index is 0.107. The molecule has 1 aromatic carbocycles. The van der Waals surface area contributed by atoms with E-state index in [-0.39, 0.29) is 11.3 Å². The molecule has 0 fully saturated rings. The van der Waals surface area contributed by atoms with E-state index >= 15 is 0 Å². The van der Waals surface area contributed by atoms with Crippen LogP contribution in [0, 0.1) is 17.0 Å². The molecule has 0 aliphatic heterocycles. The minimum Gasteiger partial charge on any atom is -0.321 e. The van der Waals surface area contributed by atoms with E-state index in [1.165, 1.54) is 12.1 Å². The molecule has 1 N–H and O–H groups in total. The van der Waals surface area contributed by atoms with Gasteiger partial charge in [0, 0.05) is 30.1 Å². The Morgan fingerprint density at radius 3 is 2.80 bits per heavy atom. The minimum atomic E-state index is -0.522. The number of pyridine rings is 1. The Balaban J connectivity index is 2.30. The molecular weight excluding hydrogens is 326 g/mol. The van der Waals surface area contributed by atoms with Crippen molar-refractivity contribution in [3.8, 4) is 0 Å². The van der Waals surface area contributed by atoms with E-state index in [0.717, 1.165) is 0 Å². The first kappa shape index (κ1) is 14.1. The third-order valence-corrected chi connectivity index (χ3v) is 3.19. The summed E-state index contributed by atoms with van der Waals surface area (Å²) in [5.74, 6) is -0.413. The molecule has 0 aliphatic carbocycles. The number of aromatic nitrogens is 1. The largest absolute Gasteiger partial charge is 0.321 e. The van der Waals surface area contributed by atoms with Crippen molar-refractivity contribution in [2.45, 2.75) is 6.92 Å². The van der Waals surface area contributed by atoms with E-state index in [0.29, 0.717) is 15.7 Å². The summed E-state index contributed by atoms with van der Waals surface area (Å²) in [5.41, 5.74) is 1.33. The third-order valence-electron chi connectivity index (χ3n) is 2.56. The van der Waals surface area contributed by atoms with Crippen LogP contribution in [0.3, 0.4) is 0 Å². The highest BCUT2D eigenvalue weighted by Gasteiger charge is 2.14. The Morgan fingerprint density at radius 2 is 2.15 bits per heavy atom. The topological polar surface area (TPSA) is 85.1 Å². The highest BCUT2D eigenvalue weighted by atomic mass is 79.9. The molecule has 0 radical (unpaired) electrons. The zero-order valence-electron chi connectivity index (χ0n) is 10.5. The predicted molar refractivity (Wildman–Crippen MR) is 77.7 cm³/mol. The molecule has 102 valence electrons. The quantitative estimate of drug-likeness (QED) is 0.688. The van der Waals surface area contributed by atoms with Crippen LogP contribution in [0.4, 0.5) is 11.4 Å². The second-order valence-electron chi connectivity index (χ2n) is 4.12. The average Bonchev–Trinajstić information content (AvgIpc) is 2.40. The first-order valence-corrected chi connectivity index (χ1v) is 6.43. The first-order valence-electron chi connectivity index (χ1n) is 5.64. The molecule has 2 rings (SSSR count). The molecule has 1 aromatic heterocycles. The number of benzene rings is 1. The van der Waals surface area contributed by atoms with Crippen LogP contribution in [-0.4, -0.2) is 15.8 Å². The SMILES string of the molecule is Cc1cc(C(=O)Nc2ccncc2Br)cc([N+](=O)[O-])c1. The van der Waals surface area contributed by atoms with Gasteiger partial charge in [0.1, 0.15) is 0 Å². The Kier molecular flexibility index (Phi) is 4.09. The standard InChI is InChI=1S/C13H10BrN3O3/c1-8-4-9(6-10(5-8)17(19)20)13(18)16-12-2-3-15-7-11(12)14/h2-7H,1H3,(H,15,16,18). The summed E-state index contributed by atoms with van der Waals surface area (Å²) in [6.07, 6.45) is 3.09. The second kappa shape index (κ2) is 5.79. The molecular formula is C13H10BrN3O3. The van der Waals surface area contributed by atoms with Gasteiger partial charge < -0.3 is 5.32 Å². The lowest BCUT2D eigenvalue weighted by molar-refractivity contribution is -0.384. The lowest BCUT2D eigenvalue weighted by Crippen LogP contribution is -2.13. The molecule has 1 amide bonds. The van der Waals surface area contributed by atoms with E-state index in [1.807, 2.05) is 0 Å². The molecule has 0 aliphatic rings. The number of halogens is 1. The van der Waals surface area contributed by atoms with Crippen LogP contribution in [-0.2, 0) is 0 Å². The molecule has 0 atom stereocenters. The monoisotopic (exact) mass is 335 g/mol. The Hall–Kier alpha value is -2.28. The molecule has 2 aromatic rings. The third kappa shape index (κ3) is 3.18. The van der Waals surface area contributed by atoms with Crippen LogP contribution < -0.4 is 5.32 Å². The maximum Gasteiger partial charge on any atom is 0.270 e. The highest BCUT2D eigenvalue weighted by Crippen LogP contribution is 2.22. The van der Waals surface area contributed by atoms with Crippen molar-refractivity contribution >= 4 is 33.2 Å². The van der Waals surface area contributed by atoms with E-state index in [2.05, 4.69) is 26.2 Å². The van der Waals surface area contributed by atoms with E-state index in [4.69, 9.17) is 0 Å². The van der Waals surface area contributed by atoms with Crippen LogP contribution in [0.5, 0.6) is 0 Å². The van der Waals surface area contributed by atoms with Crippen LogP contribution in [0.2, 0.25) is 0 Å². The van der Waals surface area contributed by atoms with Crippen molar-refractivity contribution in [2.75, 3.05) is 5.32 Å². The van der Waals surface area contributed by atoms with Crippen LogP contribution >= 0.6 is 15.9 Å². The molecule has 20 heavy (non-hydrogen) atoms. The molecule has 1 heterocycles. The van der Waals surface area contributed by atoms with Gasteiger partial charge in [-0.05, 0) is 40.5 Å². The van der Waals surface area contributed by atoms with E-state index in [9.17, 15) is 14.9 Å². The number of rotatable bonds is 3. The maximum absolute atomic E-state index is 12.1. The van der Waals surface area contributed by atoms with Crippen molar-refractivity contribution in [1.29, 1.82) is 0 Å². The number of carbonyl (C=O) groups is 1. The van der Waals surface area contributed by atoms with Crippen LogP contribution in [0.25, 0.3) is 0 Å². The van der Waals surface area contributed by atoms with Gasteiger partial charge in [-0.2, -0.15) is 0 Å². The van der Waals surface area contributed by atoms with Crippen molar-refractivity contribution in [2.24, 2.45) is 0 Å². The van der Waals surface area contributed by atoms with Crippen LogP contribution in [0.1, 0.15) is 15.9 Å². The van der Waals surface area contributed by atoms with Crippen molar-refractivity contribution < 1.29 is 9.72 Å². The lowest BCUT2D eigenvalue weighted by atomic mass is 10.1. The number of non-ortho nitro benzene ring substituents is 1. The molecule has 7 heteroatoms. The number of anilines is 1. The summed E-state index contributed by atoms with van der Waals surface area (Å²) in [6.45, 7) is 1.70. The number of nitro benzene ring substituents is 1. The number of carbonyl (C=O) groups excluding carboxylic acids is 1. The molecule has 0 saturated carbocycles. The zero-order chi connectivity index (χ0) is 14.7. The number of nitrogens with one attached hydrogen (secondary N) is 1. The molecule has 0 saturated heterocycles. The molecule has 0 unspecified atom stereocenters. The second-order valence-corrected chi connectivity index (χ2v) is 4.98. The number of nitro groups is 1. The van der Waals surface area contributed by atoms with Crippen molar-refractivity contribution in [1.82, 2.24) is 4.98 Å². The summed E-state index contributed by atoms with van der Waals surface area (Å²) in [5, 5.41) is 13.5. The highest BCUT2D eigenvalue weighted by molar-refractivity contribution is 9.10. The Labute approximate surface area is 123 Å². The lowest BCUT2D eigenvalue weighted by Gasteiger charge is -2.07. The predicted octanol–water partition coefficient (Wildman–Crippen LogP) is 3.31. The first-order chi connectivity index (χ1) is 9.47. The Morgan fingerprint density at radius 1 is 1.40 bits per heavy atom. The maximum atomic E-state index is 12.1. The number of nitrogens with zero attached hydrogens (tertiary/aromatic N) is 2. The van der Waals surface area contributed by atoms with Gasteiger partial charge in [-0.25, -0.2) is 0 Å². The van der Waals surface area contributed by atoms with Gasteiger partial charge in [-0.15, -0.1) is 0 Å². The van der Waals surface area contributed by atoms with Gasteiger partial charge in [0.2, 0.25) is 0 Å². The summed E-state index contributed by atoms with van der Waals surface area (Å²) >= 11 is 3.26. The van der Waals surface area contributed by atoms with Crippen LogP contribution in [0.15, 0.2) is 41.1 Å². The van der Waals surface area contributed by atoms with Crippen molar-refractivity contribution in [3.05, 3.63) is 62.4 Å². The average molecular weight is 336 g/mol. The summed E-state index contributed by atoms with van der Waals surface area (Å²) in [7, 11) is 0. The van der Waals surface area contributed by atoms with E-state index < -0.39 is 10.8 Å². The summed E-state index contributed by atoms with van der Waals surface area (Å²) < 4.78 is 0.635. The number of hydrogen-bond acceptors (Lipinski definition) is 4. The zero-order valence-corrected chi connectivity index (χ0v) is 12.0. The van der Waals surface area contributed by atoms with Gasteiger partial charge >= 0.3 is 0 Å². The summed E-state index contributed by atoms with van der Waals surface area (Å²) in [6, 6.07) is 5.89. The number of amides is 1. The summed E-state index contributed by atoms with van der Waals surface area (Å²) in [4.78, 5) is 26.3. The molecule has 0 bridgehead atoms. The van der Waals surface area contributed by atoms with E-state index in [1.54, 1.807) is 31.5 Å². The number of hydrogen-bond donors (Lipinski definition) is 1. The molecule has 0 spiro atoms. The van der Waals surface area contributed by atoms with Gasteiger partial charge in [0.05, 0.1) is 15.1 Å². The smallest absolute Gasteiger partial charge is 0.270 e. The normalized spacial score (nSPS) is 10.1. The fraction of sp³-hybridized carbons (Fsp3) is 0.0769. The van der Waals surface area contributed by atoms with Gasteiger partial charge in [-0.3, -0.25) is 19.9 Å².